The van der Waals surface area contributed by atoms with Crippen molar-refractivity contribution in [2.24, 2.45) is 17.8 Å². The number of aromatic nitrogens is 4. The fourth-order valence-electron chi connectivity index (χ4n) is 6.80. The van der Waals surface area contributed by atoms with Gasteiger partial charge in [-0.3, -0.25) is 24.3 Å². The number of halogens is 3. The first-order valence-electron chi connectivity index (χ1n) is 11.9. The van der Waals surface area contributed by atoms with Gasteiger partial charge in [-0.2, -0.15) is 10.2 Å². The Morgan fingerprint density at radius 1 is 1.06 bits per heavy atom. The lowest BCUT2D eigenvalue weighted by Crippen LogP contribution is -2.52. The molecule has 4 fully saturated rings. The van der Waals surface area contributed by atoms with Crippen LogP contribution in [0.2, 0.25) is 15.1 Å². The van der Waals surface area contributed by atoms with Crippen LogP contribution in [0.3, 0.4) is 0 Å². The second-order valence-corrected chi connectivity index (χ2v) is 11.7. The normalized spacial score (nSPS) is 26.4. The molecule has 4 saturated carbocycles. The van der Waals surface area contributed by atoms with E-state index in [1.54, 1.807) is 29.1 Å². The van der Waals surface area contributed by atoms with Gasteiger partial charge in [0.2, 0.25) is 5.69 Å². The number of nitrogens with one attached hydrogen (secondary N) is 1. The van der Waals surface area contributed by atoms with Gasteiger partial charge in [-0.15, -0.1) is 0 Å². The fraction of sp³-hybridized carbons (Fsp3) is 0.458. The van der Waals surface area contributed by atoms with Gasteiger partial charge < -0.3 is 5.32 Å². The highest BCUT2D eigenvalue weighted by Crippen LogP contribution is 2.58. The van der Waals surface area contributed by atoms with E-state index >= 15 is 0 Å². The van der Waals surface area contributed by atoms with Crippen molar-refractivity contribution in [1.82, 2.24) is 19.6 Å². The average Bonchev–Trinajstić information content (AvgIpc) is 3.40. The van der Waals surface area contributed by atoms with E-state index in [-0.39, 0.29) is 27.8 Å². The molecule has 2 aromatic heterocycles. The Kier molecular flexibility index (Phi) is 5.77. The predicted octanol–water partition coefficient (Wildman–Crippen LogP) is 6.17. The molecule has 3 aromatic rings. The standard InChI is InChI=1S/C24H23Cl3N6O3/c25-17-2-1-16(18(26)6-17)10-31-11-19(27)22(30-31)28-23(34)21-20(33(35)36)12-32(29-21)24-7-13-3-14(8-24)5-15(4-13)9-24/h1-2,6,11-15H,3-5,7-10H2,(H,28,30,34). The molecule has 0 atom stereocenters. The van der Waals surface area contributed by atoms with Crippen molar-refractivity contribution in [2.75, 3.05) is 5.32 Å². The summed E-state index contributed by atoms with van der Waals surface area (Å²) in [6.45, 7) is 0.298. The first-order valence-corrected chi connectivity index (χ1v) is 13.1. The van der Waals surface area contributed by atoms with Crippen LogP contribution in [0.5, 0.6) is 0 Å². The topological polar surface area (TPSA) is 108 Å². The third-order valence-corrected chi connectivity index (χ3v) is 8.76. The maximum Gasteiger partial charge on any atom is 0.320 e. The quantitative estimate of drug-likeness (QED) is 0.292. The molecule has 2 heterocycles. The van der Waals surface area contributed by atoms with Gasteiger partial charge >= 0.3 is 5.69 Å². The highest BCUT2D eigenvalue weighted by molar-refractivity contribution is 6.35. The number of hydrogen-bond donors (Lipinski definition) is 1. The van der Waals surface area contributed by atoms with Crippen LogP contribution in [0.4, 0.5) is 11.5 Å². The van der Waals surface area contributed by atoms with Crippen molar-refractivity contribution in [3.05, 3.63) is 67.0 Å². The molecule has 0 radical (unpaired) electrons. The maximum absolute atomic E-state index is 13.2. The van der Waals surface area contributed by atoms with Crippen molar-refractivity contribution in [1.29, 1.82) is 0 Å². The zero-order chi connectivity index (χ0) is 25.2. The minimum atomic E-state index is -0.721. The minimum Gasteiger partial charge on any atom is -0.302 e. The van der Waals surface area contributed by atoms with Crippen LogP contribution in [-0.4, -0.2) is 30.4 Å². The average molecular weight is 550 g/mol. The number of carbonyl (C=O) groups is 1. The highest BCUT2D eigenvalue weighted by Gasteiger charge is 2.53. The van der Waals surface area contributed by atoms with Gasteiger partial charge in [0.1, 0.15) is 11.2 Å². The summed E-state index contributed by atoms with van der Waals surface area (Å²) in [5.41, 5.74) is -0.0216. The van der Waals surface area contributed by atoms with Crippen LogP contribution < -0.4 is 5.32 Å². The highest BCUT2D eigenvalue weighted by atomic mass is 35.5. The molecule has 4 bridgehead atoms. The molecule has 1 N–H and O–H groups in total. The molecular weight excluding hydrogens is 527 g/mol. The van der Waals surface area contributed by atoms with Gasteiger partial charge in [0.15, 0.2) is 5.82 Å². The van der Waals surface area contributed by atoms with Crippen LogP contribution in [0.1, 0.15) is 54.6 Å². The molecule has 12 heteroatoms. The smallest absolute Gasteiger partial charge is 0.302 e. The molecule has 1 amide bonds. The molecule has 4 aliphatic carbocycles. The number of carbonyl (C=O) groups excluding carboxylic acids is 1. The van der Waals surface area contributed by atoms with E-state index in [9.17, 15) is 14.9 Å². The van der Waals surface area contributed by atoms with E-state index in [2.05, 4.69) is 15.5 Å². The van der Waals surface area contributed by atoms with Crippen molar-refractivity contribution in [3.8, 4) is 0 Å². The molecule has 0 spiro atoms. The number of amides is 1. The lowest BCUT2D eigenvalue weighted by molar-refractivity contribution is -0.385. The summed E-state index contributed by atoms with van der Waals surface area (Å²) in [6.07, 6.45) is 9.57. The summed E-state index contributed by atoms with van der Waals surface area (Å²) in [6, 6.07) is 5.13. The number of nitrogens with zero attached hydrogens (tertiary/aromatic N) is 5. The fourth-order valence-corrected chi connectivity index (χ4v) is 7.47. The monoisotopic (exact) mass is 548 g/mol. The third kappa shape index (κ3) is 4.17. The lowest BCUT2D eigenvalue weighted by Gasteiger charge is -2.56. The number of hydrogen-bond acceptors (Lipinski definition) is 5. The van der Waals surface area contributed by atoms with Gasteiger partial charge in [-0.1, -0.05) is 40.9 Å². The molecule has 36 heavy (non-hydrogen) atoms. The third-order valence-electron chi connectivity index (χ3n) is 7.90. The van der Waals surface area contributed by atoms with E-state index < -0.39 is 10.8 Å². The molecule has 188 valence electrons. The SMILES string of the molecule is O=C(Nc1nn(Cc2ccc(Cl)cc2Cl)cc1Cl)c1nn(C23CC4CC(CC(C4)C2)C3)cc1[N+](=O)[O-]. The minimum absolute atomic E-state index is 0.0883. The zero-order valence-electron chi connectivity index (χ0n) is 19.2. The second kappa shape index (κ2) is 8.75. The largest absolute Gasteiger partial charge is 0.320 e. The van der Waals surface area contributed by atoms with Crippen molar-refractivity contribution >= 4 is 52.2 Å². The summed E-state index contributed by atoms with van der Waals surface area (Å²) in [5, 5.41) is 24.5. The van der Waals surface area contributed by atoms with Crippen molar-refractivity contribution < 1.29 is 9.72 Å². The number of rotatable bonds is 6. The summed E-state index contributed by atoms with van der Waals surface area (Å²) in [5.74, 6) is 1.27. The molecule has 0 saturated heterocycles. The number of benzene rings is 1. The molecule has 4 aliphatic rings. The Hall–Kier alpha value is -2.62. The molecule has 1 aromatic carbocycles. The summed E-state index contributed by atoms with van der Waals surface area (Å²) < 4.78 is 3.24. The van der Waals surface area contributed by atoms with E-state index in [0.717, 1.165) is 24.8 Å². The Balaban J connectivity index is 1.25. The van der Waals surface area contributed by atoms with Crippen LogP contribution in [0.15, 0.2) is 30.6 Å². The summed E-state index contributed by atoms with van der Waals surface area (Å²) >= 11 is 18.5. The van der Waals surface area contributed by atoms with E-state index in [4.69, 9.17) is 34.8 Å². The molecular formula is C24H23Cl3N6O3. The summed E-state index contributed by atoms with van der Waals surface area (Å²) in [7, 11) is 0. The van der Waals surface area contributed by atoms with Crippen LogP contribution in [0.25, 0.3) is 0 Å². The van der Waals surface area contributed by atoms with Gasteiger partial charge in [-0.25, -0.2) is 0 Å². The van der Waals surface area contributed by atoms with E-state index in [1.807, 2.05) is 0 Å². The van der Waals surface area contributed by atoms with Gasteiger partial charge in [-0.05, 0) is 74.0 Å². The van der Waals surface area contributed by atoms with E-state index in [0.29, 0.717) is 34.3 Å². The van der Waals surface area contributed by atoms with Crippen LogP contribution in [0, 0.1) is 27.9 Å². The van der Waals surface area contributed by atoms with Gasteiger partial charge in [0.25, 0.3) is 5.91 Å². The molecule has 0 aliphatic heterocycles. The molecule has 9 nitrogen and oxygen atoms in total. The number of nitro groups is 1. The second-order valence-electron chi connectivity index (χ2n) is 10.4. The lowest BCUT2D eigenvalue weighted by atomic mass is 9.53. The summed E-state index contributed by atoms with van der Waals surface area (Å²) in [4.78, 5) is 24.5. The first-order chi connectivity index (χ1) is 17.2. The first kappa shape index (κ1) is 23.8. The Bertz CT molecular complexity index is 1350. The molecule has 0 unspecified atom stereocenters. The number of anilines is 1. The zero-order valence-corrected chi connectivity index (χ0v) is 21.4. The van der Waals surface area contributed by atoms with Crippen LogP contribution in [-0.2, 0) is 12.1 Å². The Morgan fingerprint density at radius 3 is 2.33 bits per heavy atom. The van der Waals surface area contributed by atoms with Crippen LogP contribution >= 0.6 is 34.8 Å². The van der Waals surface area contributed by atoms with E-state index in [1.165, 1.54) is 30.1 Å². The maximum atomic E-state index is 13.2. The van der Waals surface area contributed by atoms with Gasteiger partial charge in [0, 0.05) is 16.2 Å². The van der Waals surface area contributed by atoms with Crippen molar-refractivity contribution in [2.45, 2.75) is 50.6 Å². The predicted molar refractivity (Wildman–Crippen MR) is 136 cm³/mol. The molecule has 7 rings (SSSR count). The Morgan fingerprint density at radius 2 is 1.72 bits per heavy atom. The Labute approximate surface area is 221 Å². The van der Waals surface area contributed by atoms with Crippen molar-refractivity contribution in [3.63, 3.8) is 0 Å². The van der Waals surface area contributed by atoms with Gasteiger partial charge in [0.05, 0.1) is 17.0 Å².